The predicted molar refractivity (Wildman–Crippen MR) is 67.9 cm³/mol. The lowest BCUT2D eigenvalue weighted by atomic mass is 10.1. The van der Waals surface area contributed by atoms with Gasteiger partial charge in [0.25, 0.3) is 0 Å². The van der Waals surface area contributed by atoms with Crippen LogP contribution in [-0.4, -0.2) is 29.4 Å². The van der Waals surface area contributed by atoms with Crippen LogP contribution in [-0.2, 0) is 9.59 Å². The van der Waals surface area contributed by atoms with Gasteiger partial charge < -0.3 is 10.6 Å². The number of nitrogen functional groups attached to an aromatic ring is 1. The summed E-state index contributed by atoms with van der Waals surface area (Å²) in [5.74, 6) is -0.467. The van der Waals surface area contributed by atoms with Crippen molar-refractivity contribution in [3.05, 3.63) is 17.8 Å². The molecule has 2 amide bonds. The number of piperazine rings is 1. The molecule has 1 atom stereocenters. The monoisotopic (exact) mass is 259 g/mol. The van der Waals surface area contributed by atoms with Crippen LogP contribution in [0.5, 0.6) is 0 Å². The van der Waals surface area contributed by atoms with Gasteiger partial charge in [0, 0.05) is 0 Å². The Bertz CT molecular complexity index is 578. The highest BCUT2D eigenvalue weighted by atomic mass is 16.2. The van der Waals surface area contributed by atoms with Crippen molar-refractivity contribution in [3.63, 3.8) is 0 Å². The predicted octanol–water partition coefficient (Wildman–Crippen LogP) is -0.223. The number of pyridine rings is 1. The topological polar surface area (TPSA) is 112 Å². The molecule has 1 aliphatic rings. The van der Waals surface area contributed by atoms with E-state index in [9.17, 15) is 9.59 Å². The summed E-state index contributed by atoms with van der Waals surface area (Å²) in [6, 6.07) is 2.95. The van der Waals surface area contributed by atoms with Crippen LogP contribution in [0.2, 0.25) is 0 Å². The largest absolute Gasteiger partial charge is 0.397 e. The number of amides is 2. The number of hydrogen-bond donors (Lipinski definition) is 2. The van der Waals surface area contributed by atoms with E-state index >= 15 is 0 Å². The van der Waals surface area contributed by atoms with Crippen molar-refractivity contribution >= 4 is 23.3 Å². The number of aromatic nitrogens is 1. The third kappa shape index (κ3) is 2.33. The number of nitrogens with two attached hydrogens (primary N) is 1. The Morgan fingerprint density at radius 1 is 1.63 bits per heavy atom. The van der Waals surface area contributed by atoms with Gasteiger partial charge in [-0.05, 0) is 12.5 Å². The van der Waals surface area contributed by atoms with E-state index in [1.54, 1.807) is 4.90 Å². The Labute approximate surface area is 110 Å². The molecule has 1 unspecified atom stereocenters. The van der Waals surface area contributed by atoms with Gasteiger partial charge in [0.1, 0.15) is 17.9 Å². The molecule has 3 N–H and O–H groups in total. The second kappa shape index (κ2) is 4.94. The molecule has 7 heteroatoms. The summed E-state index contributed by atoms with van der Waals surface area (Å²) < 4.78 is 0. The third-order valence-electron chi connectivity index (χ3n) is 2.92. The van der Waals surface area contributed by atoms with Crippen LogP contribution in [0.3, 0.4) is 0 Å². The van der Waals surface area contributed by atoms with Crippen LogP contribution >= 0.6 is 0 Å². The van der Waals surface area contributed by atoms with E-state index in [4.69, 9.17) is 11.0 Å². The lowest BCUT2D eigenvalue weighted by molar-refractivity contribution is -0.132. The first kappa shape index (κ1) is 12.8. The van der Waals surface area contributed by atoms with Crippen LogP contribution in [0.25, 0.3) is 0 Å². The van der Waals surface area contributed by atoms with Gasteiger partial charge in [-0.15, -0.1) is 0 Å². The number of nitrogens with zero attached hydrogens (tertiary/aromatic N) is 3. The molecule has 0 aromatic carbocycles. The van der Waals surface area contributed by atoms with Crippen LogP contribution in [0.15, 0.2) is 12.3 Å². The molecule has 0 saturated carbocycles. The molecule has 1 aliphatic heterocycles. The minimum atomic E-state index is -0.513. The fourth-order valence-corrected chi connectivity index (χ4v) is 2.08. The van der Waals surface area contributed by atoms with E-state index in [0.29, 0.717) is 17.9 Å². The zero-order valence-corrected chi connectivity index (χ0v) is 10.4. The standard InChI is InChI=1S/C12H13N5O2/c1-2-9-12(19)16-10(18)6-17(9)11-7(4-13)3-8(14)5-15-11/h3,5,9H,2,6,14H2,1H3,(H,16,18,19). The number of anilines is 2. The van der Waals surface area contributed by atoms with Gasteiger partial charge in [0.2, 0.25) is 11.8 Å². The van der Waals surface area contributed by atoms with Crippen LogP contribution in [0.1, 0.15) is 18.9 Å². The minimum Gasteiger partial charge on any atom is -0.397 e. The number of rotatable bonds is 2. The average molecular weight is 259 g/mol. The molecule has 7 nitrogen and oxygen atoms in total. The van der Waals surface area contributed by atoms with E-state index in [0.717, 1.165) is 0 Å². The fraction of sp³-hybridized carbons (Fsp3) is 0.333. The maximum Gasteiger partial charge on any atom is 0.249 e. The molecule has 1 fully saturated rings. The molecule has 0 radical (unpaired) electrons. The number of nitriles is 1. The normalized spacial score (nSPS) is 18.9. The number of carbonyl (C=O) groups is 2. The zero-order valence-electron chi connectivity index (χ0n) is 10.4. The lowest BCUT2D eigenvalue weighted by Gasteiger charge is -2.34. The highest BCUT2D eigenvalue weighted by Crippen LogP contribution is 2.23. The van der Waals surface area contributed by atoms with E-state index in [1.165, 1.54) is 12.3 Å². The SMILES string of the molecule is CCC1C(=O)NC(=O)CN1c1ncc(N)cc1C#N. The summed E-state index contributed by atoms with van der Waals surface area (Å²) in [5, 5.41) is 11.4. The van der Waals surface area contributed by atoms with Gasteiger partial charge in [-0.2, -0.15) is 5.26 Å². The number of imide groups is 1. The van der Waals surface area contributed by atoms with Crippen molar-refractivity contribution in [2.75, 3.05) is 17.2 Å². The van der Waals surface area contributed by atoms with Crippen molar-refractivity contribution in [3.8, 4) is 6.07 Å². The van der Waals surface area contributed by atoms with E-state index in [1.807, 2.05) is 13.0 Å². The molecule has 0 aliphatic carbocycles. The molecule has 1 aromatic rings. The number of hydrogen-bond acceptors (Lipinski definition) is 6. The van der Waals surface area contributed by atoms with Crippen LogP contribution < -0.4 is 16.0 Å². The molecule has 2 rings (SSSR count). The maximum atomic E-state index is 11.8. The first-order valence-corrected chi connectivity index (χ1v) is 5.82. The fourth-order valence-electron chi connectivity index (χ4n) is 2.08. The van der Waals surface area contributed by atoms with Gasteiger partial charge in [-0.1, -0.05) is 6.92 Å². The summed E-state index contributed by atoms with van der Waals surface area (Å²) in [7, 11) is 0. The quantitative estimate of drug-likeness (QED) is 0.710. The summed E-state index contributed by atoms with van der Waals surface area (Å²) in [5.41, 5.74) is 6.19. The van der Waals surface area contributed by atoms with Crippen LogP contribution in [0.4, 0.5) is 11.5 Å². The van der Waals surface area contributed by atoms with Gasteiger partial charge in [-0.25, -0.2) is 4.98 Å². The minimum absolute atomic E-state index is 0.00412. The lowest BCUT2D eigenvalue weighted by Crippen LogP contribution is -2.58. The maximum absolute atomic E-state index is 11.8. The molecule has 1 saturated heterocycles. The van der Waals surface area contributed by atoms with Crippen molar-refractivity contribution in [2.24, 2.45) is 0 Å². The van der Waals surface area contributed by atoms with Gasteiger partial charge >= 0.3 is 0 Å². The number of carbonyl (C=O) groups excluding carboxylic acids is 2. The van der Waals surface area contributed by atoms with Crippen molar-refractivity contribution in [1.29, 1.82) is 5.26 Å². The van der Waals surface area contributed by atoms with E-state index in [2.05, 4.69) is 10.3 Å². The van der Waals surface area contributed by atoms with Gasteiger partial charge in [0.05, 0.1) is 24.0 Å². The van der Waals surface area contributed by atoms with E-state index < -0.39 is 11.9 Å². The number of nitrogens with one attached hydrogen (secondary N) is 1. The summed E-state index contributed by atoms with van der Waals surface area (Å²) in [4.78, 5) is 28.9. The van der Waals surface area contributed by atoms with Crippen molar-refractivity contribution in [2.45, 2.75) is 19.4 Å². The highest BCUT2D eigenvalue weighted by Gasteiger charge is 2.34. The molecule has 0 bridgehead atoms. The van der Waals surface area contributed by atoms with Gasteiger partial charge in [-0.3, -0.25) is 14.9 Å². The zero-order chi connectivity index (χ0) is 14.0. The first-order valence-electron chi connectivity index (χ1n) is 5.82. The average Bonchev–Trinajstić information content (AvgIpc) is 2.37. The first-order chi connectivity index (χ1) is 9.06. The second-order valence-corrected chi connectivity index (χ2v) is 4.22. The third-order valence-corrected chi connectivity index (χ3v) is 2.92. The van der Waals surface area contributed by atoms with Crippen molar-refractivity contribution in [1.82, 2.24) is 10.3 Å². The Balaban J connectivity index is 2.46. The van der Waals surface area contributed by atoms with Gasteiger partial charge in [0.15, 0.2) is 0 Å². The Morgan fingerprint density at radius 2 is 2.37 bits per heavy atom. The molecular formula is C12H13N5O2. The molecule has 19 heavy (non-hydrogen) atoms. The van der Waals surface area contributed by atoms with E-state index in [-0.39, 0.29) is 18.0 Å². The Hall–Kier alpha value is -2.62. The molecule has 1 aromatic heterocycles. The summed E-state index contributed by atoms with van der Waals surface area (Å²) >= 11 is 0. The molecule has 2 heterocycles. The molecule has 0 spiro atoms. The highest BCUT2D eigenvalue weighted by molar-refractivity contribution is 6.04. The summed E-state index contributed by atoms with van der Waals surface area (Å²) in [6.45, 7) is 1.83. The second-order valence-electron chi connectivity index (χ2n) is 4.22. The molecule has 98 valence electrons. The van der Waals surface area contributed by atoms with Crippen molar-refractivity contribution < 1.29 is 9.59 Å². The Morgan fingerprint density at radius 3 is 3.00 bits per heavy atom. The molecular weight excluding hydrogens is 246 g/mol. The van der Waals surface area contributed by atoms with Crippen LogP contribution in [0, 0.1) is 11.3 Å². The Kier molecular flexibility index (Phi) is 3.33. The summed E-state index contributed by atoms with van der Waals surface area (Å²) in [6.07, 6.45) is 1.91. The smallest absolute Gasteiger partial charge is 0.249 e.